The standard InChI is InChI=1S/C56H78O8/c1-6-11-18-30-59-51-36-45-46-37-52(60-31-19-12-7-2)54(62-33-21-14-9-4)39-48(46)50-41-56(64-35-24-17-16-23-29-58-44-27-25-43(42-57)26-28-44)55(63-34-22-15-10-5)40-49(50)47(45)38-53(51)61-32-20-13-8-3/h25-28,36-42H,6-24,29-35H2,1-5H3. The summed E-state index contributed by atoms with van der Waals surface area (Å²) in [4.78, 5) is 11.0. The van der Waals surface area contributed by atoms with Gasteiger partial charge in [0.1, 0.15) is 12.0 Å². The number of hydrogen-bond acceptors (Lipinski definition) is 8. The molecule has 0 aliphatic rings. The molecule has 0 aliphatic carbocycles. The maximum absolute atomic E-state index is 11.0. The lowest BCUT2D eigenvalue weighted by Gasteiger charge is -2.21. The second-order valence-corrected chi connectivity index (χ2v) is 17.1. The summed E-state index contributed by atoms with van der Waals surface area (Å²) in [6.45, 7) is 15.5. The monoisotopic (exact) mass is 879 g/mol. The lowest BCUT2D eigenvalue weighted by molar-refractivity contribution is 0.112. The zero-order valence-electron chi connectivity index (χ0n) is 40.0. The topological polar surface area (TPSA) is 81.7 Å². The Morgan fingerprint density at radius 3 is 0.781 bits per heavy atom. The van der Waals surface area contributed by atoms with E-state index in [9.17, 15) is 4.79 Å². The van der Waals surface area contributed by atoms with Crippen LogP contribution in [-0.4, -0.2) is 52.5 Å². The van der Waals surface area contributed by atoms with Crippen molar-refractivity contribution >= 4 is 38.6 Å². The third-order valence-corrected chi connectivity index (χ3v) is 11.7. The molecule has 8 nitrogen and oxygen atoms in total. The van der Waals surface area contributed by atoms with Crippen LogP contribution in [0, 0.1) is 0 Å². The molecule has 0 saturated heterocycles. The van der Waals surface area contributed by atoms with Gasteiger partial charge in [-0.25, -0.2) is 0 Å². The van der Waals surface area contributed by atoms with E-state index in [1.54, 1.807) is 12.1 Å². The highest BCUT2D eigenvalue weighted by Crippen LogP contribution is 2.47. The van der Waals surface area contributed by atoms with Gasteiger partial charge < -0.3 is 33.2 Å². The van der Waals surface area contributed by atoms with Crippen LogP contribution >= 0.6 is 0 Å². The van der Waals surface area contributed by atoms with E-state index < -0.39 is 0 Å². The molecule has 0 radical (unpaired) electrons. The summed E-state index contributed by atoms with van der Waals surface area (Å²) < 4.78 is 45.5. The highest BCUT2D eigenvalue weighted by molar-refractivity contribution is 6.26. The lowest BCUT2D eigenvalue weighted by atomic mass is 9.93. The Morgan fingerprint density at radius 2 is 0.547 bits per heavy atom. The summed E-state index contributed by atoms with van der Waals surface area (Å²) in [5, 5.41) is 6.46. The number of unbranched alkanes of at least 4 members (excludes halogenated alkanes) is 13. The van der Waals surface area contributed by atoms with E-state index in [0.29, 0.717) is 51.8 Å². The third-order valence-electron chi connectivity index (χ3n) is 11.7. The van der Waals surface area contributed by atoms with E-state index in [1.165, 1.54) is 0 Å². The molecule has 5 aromatic carbocycles. The van der Waals surface area contributed by atoms with Crippen molar-refractivity contribution in [3.05, 3.63) is 66.2 Å². The van der Waals surface area contributed by atoms with Crippen molar-refractivity contribution in [1.29, 1.82) is 0 Å². The number of aldehydes is 1. The quantitative estimate of drug-likeness (QED) is 0.0226. The Morgan fingerprint density at radius 1 is 0.312 bits per heavy atom. The highest BCUT2D eigenvalue weighted by Gasteiger charge is 2.21. The van der Waals surface area contributed by atoms with Gasteiger partial charge in [0.25, 0.3) is 0 Å². The van der Waals surface area contributed by atoms with Crippen molar-refractivity contribution in [2.45, 2.75) is 157 Å². The van der Waals surface area contributed by atoms with Crippen molar-refractivity contribution in [1.82, 2.24) is 0 Å². The van der Waals surface area contributed by atoms with Crippen molar-refractivity contribution in [3.8, 4) is 40.2 Å². The number of hydrogen-bond donors (Lipinski definition) is 0. The van der Waals surface area contributed by atoms with Crippen LogP contribution in [0.1, 0.15) is 167 Å². The van der Waals surface area contributed by atoms with Gasteiger partial charge in [-0.3, -0.25) is 4.79 Å². The number of fused-ring (bicyclic) bond motifs is 6. The number of rotatable bonds is 35. The average Bonchev–Trinajstić information content (AvgIpc) is 3.32. The number of ether oxygens (including phenoxy) is 7. The maximum Gasteiger partial charge on any atom is 0.161 e. The van der Waals surface area contributed by atoms with Crippen molar-refractivity contribution in [2.24, 2.45) is 0 Å². The Labute approximate surface area is 384 Å². The van der Waals surface area contributed by atoms with Crippen LogP contribution in [0.2, 0.25) is 0 Å². The maximum atomic E-state index is 11.0. The predicted molar refractivity (Wildman–Crippen MR) is 265 cm³/mol. The smallest absolute Gasteiger partial charge is 0.161 e. The largest absolute Gasteiger partial charge is 0.494 e. The van der Waals surface area contributed by atoms with Gasteiger partial charge >= 0.3 is 0 Å². The van der Waals surface area contributed by atoms with Crippen LogP contribution in [0.15, 0.2) is 60.7 Å². The molecule has 0 fully saturated rings. The molecule has 0 saturated carbocycles. The van der Waals surface area contributed by atoms with Gasteiger partial charge in [0, 0.05) is 5.56 Å². The van der Waals surface area contributed by atoms with Crippen LogP contribution in [0.25, 0.3) is 32.3 Å². The summed E-state index contributed by atoms with van der Waals surface area (Å²) in [5.74, 6) is 5.41. The minimum Gasteiger partial charge on any atom is -0.494 e. The molecule has 0 aliphatic heterocycles. The van der Waals surface area contributed by atoms with Crippen molar-refractivity contribution < 1.29 is 38.0 Å². The van der Waals surface area contributed by atoms with Crippen molar-refractivity contribution in [2.75, 3.05) is 46.2 Å². The van der Waals surface area contributed by atoms with Crippen molar-refractivity contribution in [3.63, 3.8) is 0 Å². The highest BCUT2D eigenvalue weighted by atomic mass is 16.5. The third kappa shape index (κ3) is 15.4. The molecule has 0 amide bonds. The van der Waals surface area contributed by atoms with Gasteiger partial charge in [-0.2, -0.15) is 0 Å². The van der Waals surface area contributed by atoms with Gasteiger partial charge in [-0.1, -0.05) is 98.8 Å². The molecular formula is C56H78O8. The lowest BCUT2D eigenvalue weighted by Crippen LogP contribution is -2.05. The molecule has 350 valence electrons. The Kier molecular flexibility index (Phi) is 22.6. The SMILES string of the molecule is CCCCCOc1cc2c3cc(OCCCCC)c(OCCCCC)cc3c3cc(OCCCCCCOc4ccc(C=O)cc4)c(OCCCCC)cc3c2cc1OCCCCC. The van der Waals surface area contributed by atoms with E-state index in [0.717, 1.165) is 201 Å². The predicted octanol–water partition coefficient (Wildman–Crippen LogP) is 15.8. The van der Waals surface area contributed by atoms with Crippen LogP contribution < -0.4 is 33.2 Å². The van der Waals surface area contributed by atoms with Gasteiger partial charge in [0.2, 0.25) is 0 Å². The molecule has 0 heterocycles. The van der Waals surface area contributed by atoms with Crippen LogP contribution in [-0.2, 0) is 0 Å². The Bertz CT molecular complexity index is 2060. The summed E-state index contributed by atoms with van der Waals surface area (Å²) >= 11 is 0. The zero-order valence-corrected chi connectivity index (χ0v) is 40.0. The molecule has 0 atom stereocenters. The zero-order chi connectivity index (χ0) is 45.2. The molecule has 0 aromatic heterocycles. The second-order valence-electron chi connectivity index (χ2n) is 17.1. The molecule has 0 unspecified atom stereocenters. The fourth-order valence-corrected chi connectivity index (χ4v) is 7.94. The van der Waals surface area contributed by atoms with E-state index in [2.05, 4.69) is 71.0 Å². The van der Waals surface area contributed by atoms with Crippen LogP contribution in [0.4, 0.5) is 0 Å². The van der Waals surface area contributed by atoms with Gasteiger partial charge in [0.15, 0.2) is 34.5 Å². The molecule has 0 N–H and O–H groups in total. The average molecular weight is 879 g/mol. The first kappa shape index (κ1) is 50.2. The van der Waals surface area contributed by atoms with E-state index in [4.69, 9.17) is 33.2 Å². The number of carbonyl (C=O) groups is 1. The fourth-order valence-electron chi connectivity index (χ4n) is 7.94. The van der Waals surface area contributed by atoms with Gasteiger partial charge in [0.05, 0.1) is 46.2 Å². The summed E-state index contributed by atoms with van der Waals surface area (Å²) in [5.41, 5.74) is 0.650. The van der Waals surface area contributed by atoms with Gasteiger partial charge in [-0.05, 0) is 151 Å². The molecule has 5 rings (SSSR count). The fraction of sp³-hybridized carbons (Fsp3) is 0.554. The molecule has 5 aromatic rings. The Hall–Kier alpha value is -4.85. The molecule has 64 heavy (non-hydrogen) atoms. The second kappa shape index (κ2) is 28.8. The molecule has 8 heteroatoms. The summed E-state index contributed by atoms with van der Waals surface area (Å²) in [6.07, 6.45) is 20.9. The Balaban J connectivity index is 1.56. The first-order valence-electron chi connectivity index (χ1n) is 25.0. The molecule has 0 bridgehead atoms. The number of carbonyl (C=O) groups excluding carboxylic acids is 1. The minimum atomic E-state index is 0.576. The molecular weight excluding hydrogens is 801 g/mol. The van der Waals surface area contributed by atoms with Crippen LogP contribution in [0.3, 0.4) is 0 Å². The first-order valence-corrected chi connectivity index (χ1v) is 25.0. The van der Waals surface area contributed by atoms with Gasteiger partial charge in [-0.15, -0.1) is 0 Å². The van der Waals surface area contributed by atoms with Crippen LogP contribution in [0.5, 0.6) is 40.2 Å². The number of benzene rings is 5. The summed E-state index contributed by atoms with van der Waals surface area (Å²) in [7, 11) is 0. The van der Waals surface area contributed by atoms with E-state index >= 15 is 0 Å². The molecule has 0 spiro atoms. The van der Waals surface area contributed by atoms with E-state index in [-0.39, 0.29) is 0 Å². The first-order chi connectivity index (χ1) is 31.5. The normalized spacial score (nSPS) is 11.3. The van der Waals surface area contributed by atoms with E-state index in [1.807, 2.05) is 12.1 Å². The minimum absolute atomic E-state index is 0.576. The summed E-state index contributed by atoms with van der Waals surface area (Å²) in [6, 6.07) is 20.4.